The van der Waals surface area contributed by atoms with Gasteiger partial charge in [-0.15, -0.1) is 0 Å². The molecule has 192 valence electrons. The number of nitrogens with zero attached hydrogens (tertiary/aromatic N) is 1. The molecule has 9 nitrogen and oxygen atoms in total. The van der Waals surface area contributed by atoms with Crippen LogP contribution in [0.15, 0.2) is 60.7 Å². The lowest BCUT2D eigenvalue weighted by Crippen LogP contribution is -2.64. The lowest BCUT2D eigenvalue weighted by Gasteiger charge is -2.42. The molecule has 2 aromatic carbocycles. The summed E-state index contributed by atoms with van der Waals surface area (Å²) in [7, 11) is 0. The fourth-order valence-corrected chi connectivity index (χ4v) is 4.03. The highest BCUT2D eigenvalue weighted by Crippen LogP contribution is 2.26. The molecule has 0 spiro atoms. The summed E-state index contributed by atoms with van der Waals surface area (Å²) >= 11 is 0. The van der Waals surface area contributed by atoms with Crippen LogP contribution in [0.4, 0.5) is 0 Å². The molecule has 5 N–H and O–H groups in total. The number of piperazine rings is 1. The lowest BCUT2D eigenvalue weighted by molar-refractivity contribution is -0.232. The molecule has 35 heavy (non-hydrogen) atoms. The van der Waals surface area contributed by atoms with Crippen LogP contribution in [0, 0.1) is 0 Å². The van der Waals surface area contributed by atoms with Gasteiger partial charge in [-0.1, -0.05) is 60.7 Å². The van der Waals surface area contributed by atoms with Gasteiger partial charge in [-0.05, 0) is 18.1 Å². The van der Waals surface area contributed by atoms with Gasteiger partial charge in [0.25, 0.3) is 5.91 Å². The lowest BCUT2D eigenvalue weighted by atomic mass is 9.85. The molecular weight excluding hydrogens is 452 g/mol. The van der Waals surface area contributed by atoms with E-state index in [1.165, 1.54) is 11.8 Å². The highest BCUT2D eigenvalue weighted by atomic mass is 16.5. The first-order valence-corrected chi connectivity index (χ1v) is 11.9. The molecule has 0 bridgehead atoms. The molecule has 2 aromatic rings. The Morgan fingerprint density at radius 2 is 1.51 bits per heavy atom. The van der Waals surface area contributed by atoms with Gasteiger partial charge in [-0.2, -0.15) is 0 Å². The van der Waals surface area contributed by atoms with Crippen molar-refractivity contribution in [1.82, 2.24) is 10.2 Å². The van der Waals surface area contributed by atoms with Crippen molar-refractivity contribution >= 4 is 5.91 Å². The van der Waals surface area contributed by atoms with Crippen LogP contribution in [-0.2, 0) is 27.5 Å². The van der Waals surface area contributed by atoms with E-state index < -0.39 is 42.5 Å². The number of carbonyl (C=O) groups is 1. The molecule has 9 heteroatoms. The largest absolute Gasteiger partial charge is 0.390 e. The molecule has 3 rings (SSSR count). The number of amides is 1. The number of nitrogens with one attached hydrogen (secondary N) is 1. The molecular formula is C26H36N2O7. The standard InChI is InChI=1S/C26H36N2O7/c1-19(29)26(33,18-34-16-20-8-4-2-5-9-20)24(35-17-21-10-6-3-7-11-21)22(30)23(31)25(32)28-14-12-27-13-15-28/h2-11,19,22-24,27,29-31,33H,12-18H2,1H3/t19-,22-,23-,24+,26?/m1/s1. The average molecular weight is 489 g/mol. The highest BCUT2D eigenvalue weighted by Gasteiger charge is 2.50. The van der Waals surface area contributed by atoms with Crippen molar-refractivity contribution < 1.29 is 34.7 Å². The van der Waals surface area contributed by atoms with E-state index in [2.05, 4.69) is 5.32 Å². The summed E-state index contributed by atoms with van der Waals surface area (Å²) in [6.07, 6.45) is -6.61. The third-order valence-corrected chi connectivity index (χ3v) is 6.25. The van der Waals surface area contributed by atoms with Crippen molar-refractivity contribution in [3.05, 3.63) is 71.8 Å². The van der Waals surface area contributed by atoms with Crippen LogP contribution in [-0.4, -0.2) is 94.0 Å². The second-order valence-corrected chi connectivity index (χ2v) is 8.87. The fourth-order valence-electron chi connectivity index (χ4n) is 4.03. The van der Waals surface area contributed by atoms with Crippen LogP contribution in [0.2, 0.25) is 0 Å². The zero-order valence-electron chi connectivity index (χ0n) is 20.0. The predicted molar refractivity (Wildman–Crippen MR) is 129 cm³/mol. The molecule has 1 saturated heterocycles. The Bertz CT molecular complexity index is 893. The molecule has 1 unspecified atom stereocenters. The fraction of sp³-hybridized carbons (Fsp3) is 0.500. The van der Waals surface area contributed by atoms with Gasteiger partial charge in [0.1, 0.15) is 17.8 Å². The third-order valence-electron chi connectivity index (χ3n) is 6.25. The van der Waals surface area contributed by atoms with Gasteiger partial charge in [0, 0.05) is 26.2 Å². The van der Waals surface area contributed by atoms with E-state index in [0.717, 1.165) is 11.1 Å². The summed E-state index contributed by atoms with van der Waals surface area (Å²) in [5.41, 5.74) is -0.504. The number of rotatable bonds is 12. The van der Waals surface area contributed by atoms with E-state index in [0.29, 0.717) is 26.2 Å². The molecule has 1 aliphatic heterocycles. The van der Waals surface area contributed by atoms with E-state index in [-0.39, 0.29) is 13.2 Å². The van der Waals surface area contributed by atoms with Crippen LogP contribution >= 0.6 is 0 Å². The average Bonchev–Trinajstić information content (AvgIpc) is 2.89. The van der Waals surface area contributed by atoms with Gasteiger partial charge in [-0.25, -0.2) is 0 Å². The summed E-state index contributed by atoms with van der Waals surface area (Å²) in [4.78, 5) is 14.3. The Labute approximate surface area is 205 Å². The molecule has 1 heterocycles. The monoisotopic (exact) mass is 488 g/mol. The molecule has 1 fully saturated rings. The first-order valence-electron chi connectivity index (χ1n) is 11.9. The zero-order valence-corrected chi connectivity index (χ0v) is 20.0. The maximum atomic E-state index is 12.9. The molecule has 0 saturated carbocycles. The van der Waals surface area contributed by atoms with Crippen LogP contribution in [0.25, 0.3) is 0 Å². The van der Waals surface area contributed by atoms with E-state index >= 15 is 0 Å². The summed E-state index contributed by atoms with van der Waals surface area (Å²) in [5, 5.41) is 47.1. The molecule has 0 aliphatic carbocycles. The van der Waals surface area contributed by atoms with Gasteiger partial charge >= 0.3 is 0 Å². The quantitative estimate of drug-likeness (QED) is 0.283. The SMILES string of the molecule is C[C@@H](O)C(O)(COCc1ccccc1)[C@@H](OCc1ccccc1)[C@H](O)[C@@H](O)C(=O)N1CCNCC1. The van der Waals surface area contributed by atoms with Crippen LogP contribution in [0.1, 0.15) is 18.1 Å². The maximum Gasteiger partial charge on any atom is 0.254 e. The first-order chi connectivity index (χ1) is 16.8. The van der Waals surface area contributed by atoms with E-state index in [1.54, 1.807) is 12.1 Å². The van der Waals surface area contributed by atoms with Gasteiger partial charge in [0.05, 0.1) is 25.9 Å². The highest BCUT2D eigenvalue weighted by molar-refractivity contribution is 5.81. The maximum absolute atomic E-state index is 12.9. The number of ether oxygens (including phenoxy) is 2. The van der Waals surface area contributed by atoms with Crippen molar-refractivity contribution in [3.63, 3.8) is 0 Å². The minimum Gasteiger partial charge on any atom is -0.390 e. The van der Waals surface area contributed by atoms with Crippen molar-refractivity contribution in [2.24, 2.45) is 0 Å². The second-order valence-electron chi connectivity index (χ2n) is 8.87. The van der Waals surface area contributed by atoms with Crippen molar-refractivity contribution in [3.8, 4) is 0 Å². The first kappa shape index (κ1) is 27.2. The van der Waals surface area contributed by atoms with Crippen molar-refractivity contribution in [1.29, 1.82) is 0 Å². The summed E-state index contributed by atoms with van der Waals surface area (Å²) in [6.45, 7) is 3.01. The van der Waals surface area contributed by atoms with Crippen LogP contribution in [0.3, 0.4) is 0 Å². The molecule has 0 aromatic heterocycles. The van der Waals surface area contributed by atoms with Crippen molar-refractivity contribution in [2.45, 2.75) is 50.2 Å². The summed E-state index contributed by atoms with van der Waals surface area (Å²) in [5.74, 6) is -0.662. The van der Waals surface area contributed by atoms with E-state index in [1.807, 2.05) is 48.5 Å². The Kier molecular flexibility index (Phi) is 10.2. The number of aliphatic hydroxyl groups is 4. The Balaban J connectivity index is 1.79. The third kappa shape index (κ3) is 7.31. The number of benzene rings is 2. The van der Waals surface area contributed by atoms with Gasteiger partial charge < -0.3 is 40.1 Å². The number of carbonyl (C=O) groups excluding carboxylic acids is 1. The Hall–Kier alpha value is -2.37. The van der Waals surface area contributed by atoms with E-state index in [9.17, 15) is 25.2 Å². The minimum atomic E-state index is -2.12. The molecule has 5 atom stereocenters. The van der Waals surface area contributed by atoms with Gasteiger partial charge in [0.15, 0.2) is 6.10 Å². The topological polar surface area (TPSA) is 132 Å². The zero-order chi connectivity index (χ0) is 25.3. The Morgan fingerprint density at radius 1 is 0.971 bits per heavy atom. The predicted octanol–water partition coefficient (Wildman–Crippen LogP) is 0.0541. The molecule has 1 amide bonds. The van der Waals surface area contributed by atoms with Gasteiger partial charge in [0.2, 0.25) is 0 Å². The summed E-state index contributed by atoms with van der Waals surface area (Å²) < 4.78 is 11.6. The number of aliphatic hydroxyl groups excluding tert-OH is 3. The smallest absolute Gasteiger partial charge is 0.254 e. The van der Waals surface area contributed by atoms with Crippen LogP contribution < -0.4 is 5.32 Å². The van der Waals surface area contributed by atoms with Crippen LogP contribution in [0.5, 0.6) is 0 Å². The summed E-state index contributed by atoms with van der Waals surface area (Å²) in [6, 6.07) is 18.4. The van der Waals surface area contributed by atoms with E-state index in [4.69, 9.17) is 9.47 Å². The number of hydrogen-bond acceptors (Lipinski definition) is 8. The van der Waals surface area contributed by atoms with Gasteiger partial charge in [-0.3, -0.25) is 4.79 Å². The second kappa shape index (κ2) is 13.1. The number of hydrogen-bond donors (Lipinski definition) is 5. The Morgan fingerprint density at radius 3 is 2.06 bits per heavy atom. The normalized spacial score (nSPS) is 19.4. The van der Waals surface area contributed by atoms with Crippen molar-refractivity contribution in [2.75, 3.05) is 32.8 Å². The molecule has 0 radical (unpaired) electrons. The minimum absolute atomic E-state index is 0.0230. The molecule has 1 aliphatic rings.